The Labute approximate surface area is 93.3 Å². The van der Waals surface area contributed by atoms with E-state index < -0.39 is 0 Å². The van der Waals surface area contributed by atoms with Gasteiger partial charge in [-0.1, -0.05) is 11.8 Å². The third-order valence-corrected chi connectivity index (χ3v) is 1.82. The quantitative estimate of drug-likeness (QED) is 0.566. The summed E-state index contributed by atoms with van der Waals surface area (Å²) in [7, 11) is 0. The van der Waals surface area contributed by atoms with E-state index in [1.54, 1.807) is 6.07 Å². The summed E-state index contributed by atoms with van der Waals surface area (Å²) >= 11 is 0. The molecule has 0 unspecified atom stereocenters. The molecule has 1 aromatic carbocycles. The molecule has 0 saturated carbocycles. The Morgan fingerprint density at radius 3 is 2.88 bits per heavy atom. The van der Waals surface area contributed by atoms with Gasteiger partial charge in [-0.25, -0.2) is 0 Å². The molecular weight excluding hydrogens is 206 g/mol. The highest BCUT2D eigenvalue weighted by atomic mass is 16.3. The van der Waals surface area contributed by atoms with Crippen LogP contribution in [0.1, 0.15) is 22.8 Å². The first-order valence-electron chi connectivity index (χ1n) is 4.65. The maximum absolute atomic E-state index is 10.5. The van der Waals surface area contributed by atoms with Crippen molar-refractivity contribution in [1.82, 2.24) is 5.32 Å². The number of benzene rings is 1. The van der Waals surface area contributed by atoms with Crippen molar-refractivity contribution in [3.8, 4) is 17.6 Å². The molecule has 2 N–H and O–H groups in total. The molecule has 1 amide bonds. The van der Waals surface area contributed by atoms with Gasteiger partial charge in [0.25, 0.3) is 0 Å². The smallest absolute Gasteiger partial charge is 0.217 e. The van der Waals surface area contributed by atoms with Gasteiger partial charge in [0.1, 0.15) is 5.75 Å². The van der Waals surface area contributed by atoms with Crippen molar-refractivity contribution in [1.29, 1.82) is 0 Å². The van der Waals surface area contributed by atoms with Crippen LogP contribution in [0, 0.1) is 11.8 Å². The van der Waals surface area contributed by atoms with Crippen LogP contribution in [0.4, 0.5) is 0 Å². The fourth-order valence-electron chi connectivity index (χ4n) is 1.04. The molecule has 1 aromatic rings. The zero-order valence-electron chi connectivity index (χ0n) is 8.78. The van der Waals surface area contributed by atoms with Crippen LogP contribution in [-0.4, -0.2) is 23.8 Å². The Hall–Kier alpha value is -2.28. The summed E-state index contributed by atoms with van der Waals surface area (Å²) < 4.78 is 0. The first kappa shape index (κ1) is 11.8. The molecule has 0 heterocycles. The average Bonchev–Trinajstić information content (AvgIpc) is 2.24. The van der Waals surface area contributed by atoms with Crippen LogP contribution in [0.15, 0.2) is 18.2 Å². The van der Waals surface area contributed by atoms with Crippen molar-refractivity contribution in [2.45, 2.75) is 6.92 Å². The summed E-state index contributed by atoms with van der Waals surface area (Å²) in [5.41, 5.74) is 0.820. The van der Waals surface area contributed by atoms with Crippen molar-refractivity contribution in [2.75, 3.05) is 6.54 Å². The largest absolute Gasteiger partial charge is 0.507 e. The van der Waals surface area contributed by atoms with E-state index in [-0.39, 0.29) is 23.8 Å². The molecule has 0 aliphatic rings. The summed E-state index contributed by atoms with van der Waals surface area (Å²) in [6, 6.07) is 4.53. The SMILES string of the molecule is CC(=O)NCC#Cc1ccc(C=O)c(O)c1. The number of phenolic OH excluding ortho intramolecular Hbond substituents is 1. The van der Waals surface area contributed by atoms with Crippen molar-refractivity contribution in [3.63, 3.8) is 0 Å². The monoisotopic (exact) mass is 217 g/mol. The number of phenols is 1. The number of amides is 1. The van der Waals surface area contributed by atoms with Gasteiger partial charge >= 0.3 is 0 Å². The van der Waals surface area contributed by atoms with Gasteiger partial charge in [0, 0.05) is 12.5 Å². The van der Waals surface area contributed by atoms with E-state index in [0.717, 1.165) is 0 Å². The fraction of sp³-hybridized carbons (Fsp3) is 0.167. The first-order chi connectivity index (χ1) is 7.63. The second-order valence-electron chi connectivity index (χ2n) is 3.10. The van der Waals surface area contributed by atoms with Gasteiger partial charge in [-0.3, -0.25) is 9.59 Å². The molecule has 0 saturated heterocycles. The number of carbonyl (C=O) groups is 2. The van der Waals surface area contributed by atoms with Gasteiger partial charge in [-0.15, -0.1) is 0 Å². The van der Waals surface area contributed by atoms with Crippen LogP contribution < -0.4 is 5.32 Å². The van der Waals surface area contributed by atoms with E-state index in [4.69, 9.17) is 0 Å². The molecule has 1 rings (SSSR count). The summed E-state index contributed by atoms with van der Waals surface area (Å²) in [6.45, 7) is 1.66. The highest BCUT2D eigenvalue weighted by Gasteiger charge is 1.98. The van der Waals surface area contributed by atoms with E-state index in [9.17, 15) is 14.7 Å². The normalized spacial score (nSPS) is 8.81. The standard InChI is InChI=1S/C12H11NO3/c1-9(15)13-6-2-3-10-4-5-11(8-14)12(16)7-10/h4-5,7-8,16H,6H2,1H3,(H,13,15). The molecule has 16 heavy (non-hydrogen) atoms. The lowest BCUT2D eigenvalue weighted by atomic mass is 10.1. The van der Waals surface area contributed by atoms with Crippen LogP contribution in [0.25, 0.3) is 0 Å². The van der Waals surface area contributed by atoms with Gasteiger partial charge in [0.15, 0.2) is 6.29 Å². The van der Waals surface area contributed by atoms with Gasteiger partial charge in [0.2, 0.25) is 5.91 Å². The molecule has 0 aromatic heterocycles. The molecule has 0 spiro atoms. The molecule has 0 radical (unpaired) electrons. The highest BCUT2D eigenvalue weighted by Crippen LogP contribution is 2.15. The maximum Gasteiger partial charge on any atom is 0.217 e. The third-order valence-electron chi connectivity index (χ3n) is 1.82. The molecule has 82 valence electrons. The summed E-state index contributed by atoms with van der Waals surface area (Å²) in [5.74, 6) is 5.23. The Balaban J connectivity index is 2.71. The van der Waals surface area contributed by atoms with Gasteiger partial charge < -0.3 is 10.4 Å². The predicted molar refractivity (Wildman–Crippen MR) is 59.1 cm³/mol. The number of nitrogens with one attached hydrogen (secondary N) is 1. The number of carbonyl (C=O) groups excluding carboxylic acids is 2. The number of aldehydes is 1. The van der Waals surface area contributed by atoms with E-state index in [2.05, 4.69) is 17.2 Å². The van der Waals surface area contributed by atoms with Crippen molar-refractivity contribution < 1.29 is 14.7 Å². The molecule has 4 heteroatoms. The highest BCUT2D eigenvalue weighted by molar-refractivity contribution is 5.79. The lowest BCUT2D eigenvalue weighted by Gasteiger charge is -1.97. The van der Waals surface area contributed by atoms with E-state index in [1.165, 1.54) is 19.1 Å². The second-order valence-corrected chi connectivity index (χ2v) is 3.10. The van der Waals surface area contributed by atoms with Crippen molar-refractivity contribution in [2.24, 2.45) is 0 Å². The number of rotatable bonds is 2. The van der Waals surface area contributed by atoms with Crippen LogP contribution in [0.5, 0.6) is 5.75 Å². The molecular formula is C12H11NO3. The first-order valence-corrected chi connectivity index (χ1v) is 4.65. The van der Waals surface area contributed by atoms with Crippen LogP contribution >= 0.6 is 0 Å². The Bertz CT molecular complexity index is 469. The minimum Gasteiger partial charge on any atom is -0.507 e. The minimum absolute atomic E-state index is 0.0960. The summed E-state index contributed by atoms with van der Waals surface area (Å²) in [4.78, 5) is 21.0. The molecule has 0 fully saturated rings. The van der Waals surface area contributed by atoms with E-state index >= 15 is 0 Å². The van der Waals surface area contributed by atoms with Gasteiger partial charge in [-0.2, -0.15) is 0 Å². The molecule has 0 aliphatic heterocycles. The van der Waals surface area contributed by atoms with E-state index in [0.29, 0.717) is 11.8 Å². The van der Waals surface area contributed by atoms with Crippen LogP contribution in [-0.2, 0) is 4.79 Å². The van der Waals surface area contributed by atoms with Gasteiger partial charge in [-0.05, 0) is 18.2 Å². The lowest BCUT2D eigenvalue weighted by Crippen LogP contribution is -2.19. The zero-order valence-corrected chi connectivity index (χ0v) is 8.78. The molecule has 0 bridgehead atoms. The number of aromatic hydroxyl groups is 1. The fourth-order valence-corrected chi connectivity index (χ4v) is 1.04. The maximum atomic E-state index is 10.5. The molecule has 0 atom stereocenters. The molecule has 4 nitrogen and oxygen atoms in total. The zero-order chi connectivity index (χ0) is 12.0. The van der Waals surface area contributed by atoms with E-state index in [1.807, 2.05) is 0 Å². The predicted octanol–water partition coefficient (Wildman–Crippen LogP) is 0.692. The topological polar surface area (TPSA) is 66.4 Å². The Morgan fingerprint density at radius 2 is 2.31 bits per heavy atom. The van der Waals surface area contributed by atoms with Crippen LogP contribution in [0.2, 0.25) is 0 Å². The average molecular weight is 217 g/mol. The summed E-state index contributed by atoms with van der Waals surface area (Å²) in [5, 5.41) is 11.9. The second kappa shape index (κ2) is 5.56. The van der Waals surface area contributed by atoms with Crippen molar-refractivity contribution >= 4 is 12.2 Å². The minimum atomic E-state index is -0.145. The third kappa shape index (κ3) is 3.46. The van der Waals surface area contributed by atoms with Crippen LogP contribution in [0.3, 0.4) is 0 Å². The van der Waals surface area contributed by atoms with Gasteiger partial charge in [0.05, 0.1) is 12.1 Å². The summed E-state index contributed by atoms with van der Waals surface area (Å²) in [6.07, 6.45) is 0.573. The molecule has 0 aliphatic carbocycles. The Kier molecular flexibility index (Phi) is 4.10. The van der Waals surface area contributed by atoms with Crippen molar-refractivity contribution in [3.05, 3.63) is 29.3 Å². The Morgan fingerprint density at radius 1 is 1.56 bits per heavy atom. The number of hydrogen-bond acceptors (Lipinski definition) is 3. The number of hydrogen-bond donors (Lipinski definition) is 2. The lowest BCUT2D eigenvalue weighted by molar-refractivity contribution is -0.118.